The van der Waals surface area contributed by atoms with Crippen molar-refractivity contribution >= 4 is 18.3 Å². The number of hydrogen-bond acceptors (Lipinski definition) is 3. The lowest BCUT2D eigenvalue weighted by Crippen LogP contribution is -2.37. The van der Waals surface area contributed by atoms with E-state index < -0.39 is 0 Å². The molecule has 1 aromatic rings. The van der Waals surface area contributed by atoms with Crippen LogP contribution in [0.4, 0.5) is 0 Å². The molecule has 0 radical (unpaired) electrons. The molecule has 1 amide bonds. The smallest absolute Gasteiger partial charge is 0.260 e. The second-order valence-corrected chi connectivity index (χ2v) is 6.52. The molecule has 0 unspecified atom stereocenters. The number of halogens is 1. The Kier molecular flexibility index (Phi) is 7.17. The molecule has 1 fully saturated rings. The van der Waals surface area contributed by atoms with Crippen molar-refractivity contribution in [3.05, 3.63) is 29.8 Å². The molecular formula is C17H27ClN2O2. The van der Waals surface area contributed by atoms with Crippen molar-refractivity contribution in [2.45, 2.75) is 32.6 Å². The summed E-state index contributed by atoms with van der Waals surface area (Å²) < 4.78 is 5.81. The Labute approximate surface area is 139 Å². The highest BCUT2D eigenvalue weighted by Gasteiger charge is 2.20. The van der Waals surface area contributed by atoms with Crippen LogP contribution < -0.4 is 10.1 Å². The maximum Gasteiger partial charge on any atom is 0.260 e. The summed E-state index contributed by atoms with van der Waals surface area (Å²) in [6, 6.07) is 7.97. The molecule has 0 spiro atoms. The number of nitrogens with zero attached hydrogens (tertiary/aromatic N) is 1. The second kappa shape index (κ2) is 8.39. The van der Waals surface area contributed by atoms with Crippen LogP contribution in [0.1, 0.15) is 32.8 Å². The summed E-state index contributed by atoms with van der Waals surface area (Å²) >= 11 is 0. The van der Waals surface area contributed by atoms with Crippen LogP contribution in [0.15, 0.2) is 24.3 Å². The summed E-state index contributed by atoms with van der Waals surface area (Å²) in [7, 11) is 0. The van der Waals surface area contributed by atoms with Crippen LogP contribution in [0.3, 0.4) is 0 Å². The first-order valence-corrected chi connectivity index (χ1v) is 7.69. The van der Waals surface area contributed by atoms with Gasteiger partial charge >= 0.3 is 0 Å². The number of nitrogens with one attached hydrogen (secondary N) is 1. The number of para-hydroxylation sites is 1. The zero-order valence-electron chi connectivity index (χ0n) is 13.7. The third-order valence-corrected chi connectivity index (χ3v) is 3.74. The third kappa shape index (κ3) is 5.18. The molecule has 1 aromatic carbocycles. The van der Waals surface area contributed by atoms with Gasteiger partial charge in [0.1, 0.15) is 5.75 Å². The zero-order valence-corrected chi connectivity index (χ0v) is 14.5. The number of carbonyl (C=O) groups is 1. The Balaban J connectivity index is 0.00000242. The summed E-state index contributed by atoms with van der Waals surface area (Å²) in [5.41, 5.74) is 1.14. The van der Waals surface area contributed by atoms with Crippen molar-refractivity contribution in [3.63, 3.8) is 0 Å². The molecule has 2 rings (SSSR count). The van der Waals surface area contributed by atoms with Crippen molar-refractivity contribution in [3.8, 4) is 5.75 Å². The molecule has 0 aromatic heterocycles. The first-order valence-electron chi connectivity index (χ1n) is 7.69. The quantitative estimate of drug-likeness (QED) is 0.928. The van der Waals surface area contributed by atoms with Crippen LogP contribution in [0.2, 0.25) is 0 Å². The molecule has 22 heavy (non-hydrogen) atoms. The van der Waals surface area contributed by atoms with Crippen LogP contribution in [-0.4, -0.2) is 43.6 Å². The summed E-state index contributed by atoms with van der Waals surface area (Å²) in [6.45, 7) is 10.0. The summed E-state index contributed by atoms with van der Waals surface area (Å²) in [4.78, 5) is 14.1. The van der Waals surface area contributed by atoms with Gasteiger partial charge in [0.15, 0.2) is 6.61 Å². The molecule has 0 bridgehead atoms. The molecule has 1 aliphatic rings. The first-order chi connectivity index (χ1) is 9.98. The van der Waals surface area contributed by atoms with E-state index in [2.05, 4.69) is 32.2 Å². The van der Waals surface area contributed by atoms with Crippen molar-refractivity contribution < 1.29 is 9.53 Å². The van der Waals surface area contributed by atoms with E-state index in [0.29, 0.717) is 0 Å². The van der Waals surface area contributed by atoms with Gasteiger partial charge in [-0.05, 0) is 30.0 Å². The third-order valence-electron chi connectivity index (χ3n) is 3.74. The molecular weight excluding hydrogens is 300 g/mol. The van der Waals surface area contributed by atoms with Gasteiger partial charge < -0.3 is 15.0 Å². The van der Waals surface area contributed by atoms with Crippen LogP contribution in [0, 0.1) is 0 Å². The Morgan fingerprint density at radius 2 is 1.95 bits per heavy atom. The largest absolute Gasteiger partial charge is 0.483 e. The van der Waals surface area contributed by atoms with E-state index in [4.69, 9.17) is 4.74 Å². The Hall–Kier alpha value is -1.26. The van der Waals surface area contributed by atoms with E-state index >= 15 is 0 Å². The van der Waals surface area contributed by atoms with Gasteiger partial charge in [-0.3, -0.25) is 4.79 Å². The summed E-state index contributed by atoms with van der Waals surface area (Å²) in [5.74, 6) is 0.883. The summed E-state index contributed by atoms with van der Waals surface area (Å²) in [5, 5.41) is 3.30. The fourth-order valence-electron chi connectivity index (χ4n) is 2.54. The van der Waals surface area contributed by atoms with E-state index in [-0.39, 0.29) is 30.3 Å². The molecule has 4 nitrogen and oxygen atoms in total. The van der Waals surface area contributed by atoms with Crippen LogP contribution in [-0.2, 0) is 10.2 Å². The lowest BCUT2D eigenvalue weighted by Gasteiger charge is -2.24. The Morgan fingerprint density at radius 3 is 2.68 bits per heavy atom. The van der Waals surface area contributed by atoms with Crippen LogP contribution >= 0.6 is 12.4 Å². The Morgan fingerprint density at radius 1 is 1.23 bits per heavy atom. The van der Waals surface area contributed by atoms with Crippen LogP contribution in [0.5, 0.6) is 5.75 Å². The van der Waals surface area contributed by atoms with Gasteiger partial charge in [0.05, 0.1) is 0 Å². The molecule has 1 heterocycles. The molecule has 0 aliphatic carbocycles. The van der Waals surface area contributed by atoms with Crippen molar-refractivity contribution in [1.29, 1.82) is 0 Å². The van der Waals surface area contributed by atoms with E-state index in [1.807, 2.05) is 23.1 Å². The lowest BCUT2D eigenvalue weighted by molar-refractivity contribution is -0.133. The minimum atomic E-state index is 0. The molecule has 0 saturated carbocycles. The molecule has 1 N–H and O–H groups in total. The van der Waals surface area contributed by atoms with Gasteiger partial charge in [-0.25, -0.2) is 0 Å². The summed E-state index contributed by atoms with van der Waals surface area (Å²) in [6.07, 6.45) is 1.00. The molecule has 1 saturated heterocycles. The SMILES string of the molecule is CC(C)(C)c1ccccc1OCC(=O)N1CCCNCC1.Cl. The van der Waals surface area contributed by atoms with Crippen molar-refractivity contribution in [2.24, 2.45) is 0 Å². The standard InChI is InChI=1S/C17H26N2O2.ClH/c1-17(2,3)14-7-4-5-8-15(14)21-13-16(20)19-11-6-9-18-10-12-19;/h4-5,7-8,18H,6,9-13H2,1-3H3;1H. The minimum absolute atomic E-state index is 0. The molecule has 5 heteroatoms. The highest BCUT2D eigenvalue weighted by Crippen LogP contribution is 2.30. The zero-order chi connectivity index (χ0) is 15.3. The normalized spacial score (nSPS) is 15.7. The maximum absolute atomic E-state index is 12.3. The highest BCUT2D eigenvalue weighted by molar-refractivity contribution is 5.85. The molecule has 124 valence electrons. The van der Waals surface area contributed by atoms with E-state index in [0.717, 1.165) is 43.9 Å². The number of benzene rings is 1. The van der Waals surface area contributed by atoms with Gasteiger partial charge in [0.2, 0.25) is 0 Å². The average Bonchev–Trinajstić information content (AvgIpc) is 2.73. The minimum Gasteiger partial charge on any atom is -0.483 e. The van der Waals surface area contributed by atoms with E-state index in [1.165, 1.54) is 0 Å². The van der Waals surface area contributed by atoms with Crippen LogP contribution in [0.25, 0.3) is 0 Å². The number of rotatable bonds is 3. The number of carbonyl (C=O) groups excluding carboxylic acids is 1. The van der Waals surface area contributed by atoms with E-state index in [9.17, 15) is 4.79 Å². The van der Waals surface area contributed by atoms with Gasteiger partial charge in [-0.15, -0.1) is 12.4 Å². The fraction of sp³-hybridized carbons (Fsp3) is 0.588. The van der Waals surface area contributed by atoms with Gasteiger partial charge in [0, 0.05) is 19.6 Å². The van der Waals surface area contributed by atoms with E-state index in [1.54, 1.807) is 0 Å². The first kappa shape index (κ1) is 18.8. The van der Waals surface area contributed by atoms with Gasteiger partial charge in [0.25, 0.3) is 5.91 Å². The lowest BCUT2D eigenvalue weighted by atomic mass is 9.86. The van der Waals surface area contributed by atoms with Gasteiger partial charge in [-0.1, -0.05) is 39.0 Å². The van der Waals surface area contributed by atoms with Crippen molar-refractivity contribution in [1.82, 2.24) is 10.2 Å². The number of amides is 1. The fourth-order valence-corrected chi connectivity index (χ4v) is 2.54. The predicted octanol–water partition coefficient (Wildman–Crippen LogP) is 2.61. The number of ether oxygens (including phenoxy) is 1. The predicted molar refractivity (Wildman–Crippen MR) is 92.0 cm³/mol. The van der Waals surface area contributed by atoms with Gasteiger partial charge in [-0.2, -0.15) is 0 Å². The topological polar surface area (TPSA) is 41.6 Å². The molecule has 1 aliphatic heterocycles. The maximum atomic E-state index is 12.3. The average molecular weight is 327 g/mol. The highest BCUT2D eigenvalue weighted by atomic mass is 35.5. The Bertz CT molecular complexity index is 478. The molecule has 0 atom stereocenters. The number of hydrogen-bond donors (Lipinski definition) is 1. The monoisotopic (exact) mass is 326 g/mol. The second-order valence-electron chi connectivity index (χ2n) is 6.52. The van der Waals surface area contributed by atoms with Crippen molar-refractivity contribution in [2.75, 3.05) is 32.8 Å².